The molecule has 2 heterocycles. The Labute approximate surface area is 180 Å². The van der Waals surface area contributed by atoms with Crippen LogP contribution in [0.2, 0.25) is 0 Å². The fraction of sp³-hybridized carbons (Fsp3) is 0.333. The highest BCUT2D eigenvalue weighted by Gasteiger charge is 2.24. The van der Waals surface area contributed by atoms with E-state index < -0.39 is 0 Å². The molecule has 0 atom stereocenters. The van der Waals surface area contributed by atoms with Gasteiger partial charge in [-0.25, -0.2) is 4.79 Å². The Bertz CT molecular complexity index is 1150. The van der Waals surface area contributed by atoms with Gasteiger partial charge >= 0.3 is 5.97 Å². The van der Waals surface area contributed by atoms with E-state index >= 15 is 0 Å². The van der Waals surface area contributed by atoms with Crippen LogP contribution in [0, 0.1) is 0 Å². The predicted molar refractivity (Wildman–Crippen MR) is 116 cm³/mol. The molecule has 0 fully saturated rings. The van der Waals surface area contributed by atoms with Gasteiger partial charge in [-0.15, -0.1) is 0 Å². The van der Waals surface area contributed by atoms with Crippen molar-refractivity contribution in [1.29, 1.82) is 0 Å². The molecule has 0 amide bonds. The molecule has 0 radical (unpaired) electrons. The van der Waals surface area contributed by atoms with Crippen LogP contribution in [-0.2, 0) is 11.3 Å². The summed E-state index contributed by atoms with van der Waals surface area (Å²) in [5.41, 5.74) is 1.52. The lowest BCUT2D eigenvalue weighted by Crippen LogP contribution is -2.37. The summed E-state index contributed by atoms with van der Waals surface area (Å²) in [6, 6.07) is 10.2. The first kappa shape index (κ1) is 20.9. The molecule has 2 aromatic carbocycles. The van der Waals surface area contributed by atoms with Crippen molar-refractivity contribution in [2.24, 2.45) is 0 Å². The number of nitrogens with zero attached hydrogens (tertiary/aromatic N) is 1. The van der Waals surface area contributed by atoms with Crippen LogP contribution < -0.4 is 14.9 Å². The van der Waals surface area contributed by atoms with Crippen LogP contribution in [0.25, 0.3) is 11.0 Å². The molecule has 1 aliphatic rings. The van der Waals surface area contributed by atoms with Gasteiger partial charge in [0.05, 0.1) is 23.1 Å². The zero-order chi connectivity index (χ0) is 22.0. The lowest BCUT2D eigenvalue weighted by molar-refractivity contribution is 0.0505. The molecule has 0 N–H and O–H groups in total. The molecule has 31 heavy (non-hydrogen) atoms. The Morgan fingerprint density at radius 2 is 1.94 bits per heavy atom. The summed E-state index contributed by atoms with van der Waals surface area (Å²) in [5.74, 6) is 0.838. The molecule has 1 aliphatic heterocycles. The van der Waals surface area contributed by atoms with Gasteiger partial charge in [0.1, 0.15) is 30.1 Å². The fourth-order valence-corrected chi connectivity index (χ4v) is 3.37. The second-order valence-electron chi connectivity index (χ2n) is 7.72. The van der Waals surface area contributed by atoms with E-state index in [4.69, 9.17) is 18.6 Å². The number of carbonyl (C=O) groups is 1. The molecule has 0 saturated heterocycles. The topological polar surface area (TPSA) is 78.2 Å². The minimum absolute atomic E-state index is 0.0752. The van der Waals surface area contributed by atoms with Crippen molar-refractivity contribution in [3.63, 3.8) is 0 Å². The maximum atomic E-state index is 13.0. The molecule has 0 saturated carbocycles. The number of esters is 1. The van der Waals surface area contributed by atoms with E-state index in [9.17, 15) is 9.59 Å². The first-order valence-electron chi connectivity index (χ1n) is 10.4. The van der Waals surface area contributed by atoms with Gasteiger partial charge in [-0.3, -0.25) is 9.69 Å². The van der Waals surface area contributed by atoms with Gasteiger partial charge in [0, 0.05) is 12.6 Å². The van der Waals surface area contributed by atoms with Crippen molar-refractivity contribution in [1.82, 2.24) is 4.90 Å². The SMILES string of the molecule is CCCOC(=O)c1ccc(Oc2coc3c4c(ccc3c2=O)OCN(C(C)C)C4)cc1. The molecule has 0 spiro atoms. The molecular weight excluding hydrogens is 398 g/mol. The molecule has 7 nitrogen and oxygen atoms in total. The average Bonchev–Trinajstić information content (AvgIpc) is 2.79. The van der Waals surface area contributed by atoms with Crippen LogP contribution in [0.5, 0.6) is 17.2 Å². The summed E-state index contributed by atoms with van der Waals surface area (Å²) in [4.78, 5) is 27.1. The molecule has 3 aromatic rings. The van der Waals surface area contributed by atoms with Crippen molar-refractivity contribution < 1.29 is 23.4 Å². The normalized spacial score (nSPS) is 13.7. The molecule has 162 valence electrons. The number of rotatable bonds is 6. The zero-order valence-electron chi connectivity index (χ0n) is 17.8. The lowest BCUT2D eigenvalue weighted by Gasteiger charge is -2.31. The van der Waals surface area contributed by atoms with Crippen LogP contribution in [0.15, 0.2) is 51.9 Å². The number of carbonyl (C=O) groups excluding carboxylic acids is 1. The second kappa shape index (κ2) is 8.81. The highest BCUT2D eigenvalue weighted by molar-refractivity contribution is 5.89. The summed E-state index contributed by atoms with van der Waals surface area (Å²) >= 11 is 0. The zero-order valence-corrected chi connectivity index (χ0v) is 17.8. The van der Waals surface area contributed by atoms with E-state index in [0.717, 1.165) is 17.7 Å². The van der Waals surface area contributed by atoms with Gasteiger partial charge < -0.3 is 18.6 Å². The molecule has 7 heteroatoms. The molecule has 0 bridgehead atoms. The number of benzene rings is 2. The number of hydrogen-bond acceptors (Lipinski definition) is 7. The highest BCUT2D eigenvalue weighted by Crippen LogP contribution is 2.33. The monoisotopic (exact) mass is 423 g/mol. The smallest absolute Gasteiger partial charge is 0.338 e. The summed E-state index contributed by atoms with van der Waals surface area (Å²) in [6.07, 6.45) is 2.08. The van der Waals surface area contributed by atoms with Crippen LogP contribution in [-0.4, -0.2) is 30.2 Å². The van der Waals surface area contributed by atoms with Crippen LogP contribution in [0.3, 0.4) is 0 Å². The molecular formula is C24H25NO6. The van der Waals surface area contributed by atoms with Crippen molar-refractivity contribution in [3.8, 4) is 17.2 Å². The average molecular weight is 423 g/mol. The summed E-state index contributed by atoms with van der Waals surface area (Å²) in [6.45, 7) is 7.64. The van der Waals surface area contributed by atoms with Gasteiger partial charge in [0.15, 0.2) is 0 Å². The van der Waals surface area contributed by atoms with Gasteiger partial charge in [-0.1, -0.05) is 6.92 Å². The Morgan fingerprint density at radius 1 is 1.16 bits per heavy atom. The van der Waals surface area contributed by atoms with E-state index in [1.54, 1.807) is 36.4 Å². The van der Waals surface area contributed by atoms with E-state index in [1.165, 1.54) is 6.26 Å². The Balaban J connectivity index is 1.59. The summed E-state index contributed by atoms with van der Waals surface area (Å²) < 4.78 is 22.5. The van der Waals surface area contributed by atoms with Crippen molar-refractivity contribution >= 4 is 16.9 Å². The van der Waals surface area contributed by atoms with Crippen LogP contribution in [0.4, 0.5) is 0 Å². The van der Waals surface area contributed by atoms with Gasteiger partial charge in [0.25, 0.3) is 0 Å². The molecule has 0 unspecified atom stereocenters. The number of ether oxygens (including phenoxy) is 3. The van der Waals surface area contributed by atoms with Crippen LogP contribution in [0.1, 0.15) is 43.1 Å². The van der Waals surface area contributed by atoms with Crippen molar-refractivity contribution in [3.05, 3.63) is 64.0 Å². The molecule has 4 rings (SSSR count). The maximum absolute atomic E-state index is 13.0. The standard InChI is InChI=1S/C24H25NO6/c1-4-11-28-24(27)16-5-7-17(8-6-16)31-21-13-29-23-18(22(21)26)9-10-20-19(23)12-25(14-30-20)15(2)3/h5-10,13,15H,4,11-12,14H2,1-3H3. The van der Waals surface area contributed by atoms with E-state index in [1.807, 2.05) is 6.92 Å². The molecule has 0 aliphatic carbocycles. The minimum Gasteiger partial charge on any atom is -0.478 e. The largest absolute Gasteiger partial charge is 0.478 e. The van der Waals surface area contributed by atoms with Crippen molar-refractivity contribution in [2.75, 3.05) is 13.3 Å². The fourth-order valence-electron chi connectivity index (χ4n) is 3.37. The van der Waals surface area contributed by atoms with E-state index in [-0.39, 0.29) is 17.1 Å². The molecule has 1 aromatic heterocycles. The first-order chi connectivity index (χ1) is 15.0. The summed E-state index contributed by atoms with van der Waals surface area (Å²) in [7, 11) is 0. The summed E-state index contributed by atoms with van der Waals surface area (Å²) in [5, 5.41) is 0.435. The van der Waals surface area contributed by atoms with Crippen LogP contribution >= 0.6 is 0 Å². The van der Waals surface area contributed by atoms with Gasteiger partial charge in [-0.2, -0.15) is 0 Å². The number of hydrogen-bond donors (Lipinski definition) is 0. The second-order valence-corrected chi connectivity index (χ2v) is 7.72. The minimum atomic E-state index is -0.388. The third-order valence-corrected chi connectivity index (χ3v) is 5.20. The first-order valence-corrected chi connectivity index (χ1v) is 10.4. The Hall–Kier alpha value is -3.32. The van der Waals surface area contributed by atoms with Gasteiger partial charge in [0.2, 0.25) is 11.2 Å². The Kier molecular flexibility index (Phi) is 5.95. The third-order valence-electron chi connectivity index (χ3n) is 5.20. The van der Waals surface area contributed by atoms with E-state index in [2.05, 4.69) is 18.7 Å². The number of fused-ring (bicyclic) bond motifs is 3. The van der Waals surface area contributed by atoms with Gasteiger partial charge in [-0.05, 0) is 56.7 Å². The maximum Gasteiger partial charge on any atom is 0.338 e. The quantitative estimate of drug-likeness (QED) is 0.531. The third kappa shape index (κ3) is 4.27. The van der Waals surface area contributed by atoms with Crippen molar-refractivity contribution in [2.45, 2.75) is 39.8 Å². The Morgan fingerprint density at radius 3 is 2.65 bits per heavy atom. The predicted octanol–water partition coefficient (Wildman–Crippen LogP) is 4.71. The van der Waals surface area contributed by atoms with E-state index in [0.29, 0.717) is 48.2 Å². The lowest BCUT2D eigenvalue weighted by atomic mass is 10.1. The highest BCUT2D eigenvalue weighted by atomic mass is 16.5.